The molecule has 2 atom stereocenters. The number of benzene rings is 2. The Kier molecular flexibility index (Phi) is 7.93. The Balaban J connectivity index is 1.55. The van der Waals surface area contributed by atoms with E-state index in [1.807, 2.05) is 50.2 Å². The molecule has 1 fully saturated rings. The molecule has 2 unspecified atom stereocenters. The molecule has 0 spiro atoms. The molecule has 0 saturated carbocycles. The van der Waals surface area contributed by atoms with Crippen LogP contribution in [0.2, 0.25) is 0 Å². The van der Waals surface area contributed by atoms with Crippen molar-refractivity contribution in [2.24, 2.45) is 5.92 Å². The number of aliphatic hydroxyl groups excluding tert-OH is 1. The van der Waals surface area contributed by atoms with Crippen LogP contribution in [0.3, 0.4) is 0 Å². The molecule has 2 aromatic carbocycles. The van der Waals surface area contributed by atoms with E-state index in [2.05, 4.69) is 46.7 Å². The van der Waals surface area contributed by atoms with Crippen molar-refractivity contribution in [2.75, 3.05) is 42.7 Å². The van der Waals surface area contributed by atoms with Crippen LogP contribution in [0.4, 0.5) is 17.1 Å². The normalized spacial score (nSPS) is 17.3. The second kappa shape index (κ2) is 10.6. The zero-order valence-electron chi connectivity index (χ0n) is 19.1. The molecule has 0 aromatic heterocycles. The molecular formula is C25H36N4O2. The standard InChI is InChI=1S/C25H36N4O2/c1-5-18(6-2)24(30)26-20-9-7-19(8-10-20)25(31)27-21-11-13-22(14-12-21)29-16-15-23(17-29)28(3)4/h7-14,18,23,25,27,31H,5-6,15-17H2,1-4H3,(H,26,30). The molecule has 1 heterocycles. The molecule has 1 aliphatic rings. The van der Waals surface area contributed by atoms with E-state index in [4.69, 9.17) is 0 Å². The van der Waals surface area contributed by atoms with Crippen LogP contribution in [0.1, 0.15) is 44.9 Å². The number of aliphatic hydroxyl groups is 1. The monoisotopic (exact) mass is 424 g/mol. The van der Waals surface area contributed by atoms with Crippen molar-refractivity contribution in [3.05, 3.63) is 54.1 Å². The molecule has 0 aliphatic carbocycles. The van der Waals surface area contributed by atoms with Gasteiger partial charge in [0.2, 0.25) is 5.91 Å². The fraction of sp³-hybridized carbons (Fsp3) is 0.480. The van der Waals surface area contributed by atoms with Gasteiger partial charge in [-0.3, -0.25) is 4.79 Å². The van der Waals surface area contributed by atoms with Crippen LogP contribution in [0.25, 0.3) is 0 Å². The van der Waals surface area contributed by atoms with Gasteiger partial charge in [0.25, 0.3) is 0 Å². The third-order valence-corrected chi connectivity index (χ3v) is 6.28. The van der Waals surface area contributed by atoms with Gasteiger partial charge in [-0.15, -0.1) is 0 Å². The number of hydrogen-bond acceptors (Lipinski definition) is 5. The van der Waals surface area contributed by atoms with E-state index in [0.717, 1.165) is 42.9 Å². The first kappa shape index (κ1) is 23.1. The van der Waals surface area contributed by atoms with Crippen LogP contribution in [-0.2, 0) is 4.79 Å². The van der Waals surface area contributed by atoms with Crippen molar-refractivity contribution < 1.29 is 9.90 Å². The van der Waals surface area contributed by atoms with Gasteiger partial charge in [-0.1, -0.05) is 26.0 Å². The van der Waals surface area contributed by atoms with Crippen LogP contribution in [0.15, 0.2) is 48.5 Å². The first-order valence-electron chi connectivity index (χ1n) is 11.3. The molecule has 6 heteroatoms. The summed E-state index contributed by atoms with van der Waals surface area (Å²) in [5.41, 5.74) is 3.57. The molecule has 3 rings (SSSR count). The van der Waals surface area contributed by atoms with Crippen molar-refractivity contribution in [3.63, 3.8) is 0 Å². The van der Waals surface area contributed by atoms with Crippen LogP contribution in [0.5, 0.6) is 0 Å². The second-order valence-corrected chi connectivity index (χ2v) is 8.57. The predicted molar refractivity (Wildman–Crippen MR) is 128 cm³/mol. The lowest BCUT2D eigenvalue weighted by molar-refractivity contribution is -0.120. The summed E-state index contributed by atoms with van der Waals surface area (Å²) in [6.45, 7) is 6.16. The fourth-order valence-electron chi connectivity index (χ4n) is 4.06. The van der Waals surface area contributed by atoms with Gasteiger partial charge in [0.05, 0.1) is 0 Å². The first-order valence-corrected chi connectivity index (χ1v) is 11.3. The minimum atomic E-state index is -0.820. The lowest BCUT2D eigenvalue weighted by Crippen LogP contribution is -2.31. The molecular weight excluding hydrogens is 388 g/mol. The number of carbonyl (C=O) groups excluding carboxylic acids is 1. The zero-order chi connectivity index (χ0) is 22.4. The molecule has 1 aliphatic heterocycles. The molecule has 1 amide bonds. The number of amides is 1. The zero-order valence-corrected chi connectivity index (χ0v) is 19.1. The smallest absolute Gasteiger partial charge is 0.227 e. The Labute approximate surface area is 186 Å². The number of nitrogens with one attached hydrogen (secondary N) is 2. The van der Waals surface area contributed by atoms with Gasteiger partial charge in [0.1, 0.15) is 0 Å². The molecule has 3 N–H and O–H groups in total. The van der Waals surface area contributed by atoms with E-state index < -0.39 is 6.23 Å². The number of anilines is 3. The maximum atomic E-state index is 12.2. The SMILES string of the molecule is CCC(CC)C(=O)Nc1ccc(C(O)Nc2ccc(N3CCC(N(C)C)C3)cc2)cc1. The van der Waals surface area contributed by atoms with Gasteiger partial charge in [-0.25, -0.2) is 0 Å². The highest BCUT2D eigenvalue weighted by Crippen LogP contribution is 2.26. The predicted octanol–water partition coefficient (Wildman–Crippen LogP) is 4.30. The van der Waals surface area contributed by atoms with E-state index in [1.54, 1.807) is 0 Å². The van der Waals surface area contributed by atoms with Gasteiger partial charge in [-0.05, 0) is 69.8 Å². The highest BCUT2D eigenvalue weighted by Gasteiger charge is 2.24. The molecule has 6 nitrogen and oxygen atoms in total. The second-order valence-electron chi connectivity index (χ2n) is 8.57. The van der Waals surface area contributed by atoms with Crippen LogP contribution in [-0.4, -0.2) is 49.1 Å². The highest BCUT2D eigenvalue weighted by atomic mass is 16.3. The average Bonchev–Trinajstić information content (AvgIpc) is 3.26. The van der Waals surface area contributed by atoms with Crippen molar-refractivity contribution in [1.82, 2.24) is 4.90 Å². The lowest BCUT2D eigenvalue weighted by atomic mass is 10.0. The lowest BCUT2D eigenvalue weighted by Gasteiger charge is -2.22. The maximum Gasteiger partial charge on any atom is 0.227 e. The summed E-state index contributed by atoms with van der Waals surface area (Å²) in [6, 6.07) is 16.1. The molecule has 0 radical (unpaired) electrons. The third-order valence-electron chi connectivity index (χ3n) is 6.28. The number of nitrogens with zero attached hydrogens (tertiary/aromatic N) is 2. The number of rotatable bonds is 9. The van der Waals surface area contributed by atoms with Crippen LogP contribution >= 0.6 is 0 Å². The summed E-state index contributed by atoms with van der Waals surface area (Å²) in [6.07, 6.45) is 2.02. The maximum absolute atomic E-state index is 12.2. The quantitative estimate of drug-likeness (QED) is 0.524. The van der Waals surface area contributed by atoms with Gasteiger partial charge in [0.15, 0.2) is 6.23 Å². The summed E-state index contributed by atoms with van der Waals surface area (Å²) in [7, 11) is 4.27. The minimum Gasteiger partial charge on any atom is -0.370 e. The Morgan fingerprint density at radius 3 is 2.23 bits per heavy atom. The molecule has 2 aromatic rings. The Bertz CT molecular complexity index is 832. The van der Waals surface area contributed by atoms with Gasteiger partial charge < -0.3 is 25.5 Å². The topological polar surface area (TPSA) is 67.8 Å². The van der Waals surface area contributed by atoms with Gasteiger partial charge >= 0.3 is 0 Å². The number of likely N-dealkylation sites (N-methyl/N-ethyl adjacent to an activating group) is 1. The summed E-state index contributed by atoms with van der Waals surface area (Å²) in [5.74, 6) is 0.0793. The highest BCUT2D eigenvalue weighted by molar-refractivity contribution is 5.92. The number of carbonyl (C=O) groups is 1. The van der Waals surface area contributed by atoms with E-state index in [-0.39, 0.29) is 11.8 Å². The minimum absolute atomic E-state index is 0.0317. The van der Waals surface area contributed by atoms with Crippen molar-refractivity contribution in [1.29, 1.82) is 0 Å². The van der Waals surface area contributed by atoms with Gasteiger partial charge in [0, 0.05) is 47.7 Å². The van der Waals surface area contributed by atoms with Crippen molar-refractivity contribution in [2.45, 2.75) is 45.4 Å². The summed E-state index contributed by atoms with van der Waals surface area (Å²) in [5, 5.41) is 16.7. The first-order chi connectivity index (χ1) is 14.9. The van der Waals surface area contributed by atoms with E-state index in [9.17, 15) is 9.90 Å². The van der Waals surface area contributed by atoms with Crippen LogP contribution < -0.4 is 15.5 Å². The Morgan fingerprint density at radius 2 is 1.68 bits per heavy atom. The summed E-state index contributed by atoms with van der Waals surface area (Å²) < 4.78 is 0. The summed E-state index contributed by atoms with van der Waals surface area (Å²) in [4.78, 5) is 16.9. The molecule has 0 bridgehead atoms. The Morgan fingerprint density at radius 1 is 1.06 bits per heavy atom. The molecule has 31 heavy (non-hydrogen) atoms. The Hall–Kier alpha value is -2.57. The van der Waals surface area contributed by atoms with Crippen molar-refractivity contribution >= 4 is 23.0 Å². The molecule has 168 valence electrons. The third kappa shape index (κ3) is 5.99. The van der Waals surface area contributed by atoms with Gasteiger partial charge in [-0.2, -0.15) is 0 Å². The fourth-order valence-corrected chi connectivity index (χ4v) is 4.06. The molecule has 1 saturated heterocycles. The van der Waals surface area contributed by atoms with E-state index in [1.165, 1.54) is 12.1 Å². The summed E-state index contributed by atoms with van der Waals surface area (Å²) >= 11 is 0. The van der Waals surface area contributed by atoms with E-state index in [0.29, 0.717) is 6.04 Å². The average molecular weight is 425 g/mol. The number of hydrogen-bond donors (Lipinski definition) is 3. The van der Waals surface area contributed by atoms with Crippen LogP contribution in [0, 0.1) is 5.92 Å². The van der Waals surface area contributed by atoms with E-state index >= 15 is 0 Å². The van der Waals surface area contributed by atoms with Crippen molar-refractivity contribution in [3.8, 4) is 0 Å². The largest absolute Gasteiger partial charge is 0.370 e.